The van der Waals surface area contributed by atoms with E-state index in [0.717, 1.165) is 55.0 Å². The molecular weight excluding hydrogens is 646 g/mol. The average molecular weight is 690 g/mol. The quantitative estimate of drug-likeness (QED) is 0.381. The van der Waals surface area contributed by atoms with Crippen molar-refractivity contribution in [2.45, 2.75) is 83.8 Å². The fourth-order valence-electron chi connectivity index (χ4n) is 10.3. The summed E-state index contributed by atoms with van der Waals surface area (Å²) >= 11 is 0. The second kappa shape index (κ2) is 13.6. The fourth-order valence-corrected chi connectivity index (χ4v) is 10.3. The summed E-state index contributed by atoms with van der Waals surface area (Å²) in [6.07, 6.45) is 9.65. The van der Waals surface area contributed by atoms with Crippen LogP contribution in [0.15, 0.2) is 63.7 Å². The van der Waals surface area contributed by atoms with E-state index < -0.39 is 11.3 Å². The summed E-state index contributed by atoms with van der Waals surface area (Å²) < 4.78 is 2.32. The third kappa shape index (κ3) is 6.51. The number of tetrazole rings is 1. The lowest BCUT2D eigenvalue weighted by Crippen LogP contribution is -2.51. The van der Waals surface area contributed by atoms with Crippen LogP contribution in [0.25, 0.3) is 5.69 Å². The van der Waals surface area contributed by atoms with Gasteiger partial charge in [0.05, 0.1) is 40.2 Å². The van der Waals surface area contributed by atoms with Crippen molar-refractivity contribution >= 4 is 17.4 Å². The minimum absolute atomic E-state index is 0.0218. The van der Waals surface area contributed by atoms with Gasteiger partial charge < -0.3 is 5.11 Å². The summed E-state index contributed by atoms with van der Waals surface area (Å²) in [6, 6.07) is 17.4. The van der Waals surface area contributed by atoms with E-state index in [1.165, 1.54) is 29.0 Å². The van der Waals surface area contributed by atoms with E-state index in [1.54, 1.807) is 48.5 Å². The molecule has 0 unspecified atom stereocenters. The molecule has 51 heavy (non-hydrogen) atoms. The summed E-state index contributed by atoms with van der Waals surface area (Å²) in [4.78, 5) is 37.9. The molecule has 1 aliphatic heterocycles. The maximum absolute atomic E-state index is 13.6. The third-order valence-corrected chi connectivity index (χ3v) is 12.6. The number of rotatable bonds is 5. The van der Waals surface area contributed by atoms with E-state index in [2.05, 4.69) is 33.8 Å². The molecule has 13 nitrogen and oxygen atoms in total. The Labute approximate surface area is 296 Å². The summed E-state index contributed by atoms with van der Waals surface area (Å²) in [5.74, 6) is 3.20. The molecule has 4 fully saturated rings. The Morgan fingerprint density at radius 2 is 1.59 bits per heavy atom. The van der Waals surface area contributed by atoms with Crippen LogP contribution in [0.3, 0.4) is 0 Å². The number of fused-ring (bicyclic) bond motifs is 5. The van der Waals surface area contributed by atoms with Gasteiger partial charge in [0, 0.05) is 5.92 Å². The van der Waals surface area contributed by atoms with Crippen molar-refractivity contribution in [3.8, 4) is 17.8 Å². The second-order valence-corrected chi connectivity index (χ2v) is 15.6. The molecule has 8 rings (SSSR count). The van der Waals surface area contributed by atoms with E-state index >= 15 is 0 Å². The largest absolute Gasteiger partial charge is 0.390 e. The van der Waals surface area contributed by atoms with Gasteiger partial charge >= 0.3 is 5.69 Å². The molecule has 3 aromatic rings. The molecule has 1 aromatic heterocycles. The number of hydrogen-bond donors (Lipinski definition) is 1. The summed E-state index contributed by atoms with van der Waals surface area (Å²) in [6.45, 7) is 4.36. The predicted octanol–water partition coefficient (Wildman–Crippen LogP) is 5.16. The van der Waals surface area contributed by atoms with Gasteiger partial charge in [-0.3, -0.25) is 9.59 Å². The number of benzene rings is 2. The molecule has 0 spiro atoms. The molecule has 0 saturated heterocycles. The zero-order chi connectivity index (χ0) is 35.9. The van der Waals surface area contributed by atoms with Gasteiger partial charge in [-0.15, -0.1) is 0 Å². The number of aromatic nitrogens is 4. The molecule has 1 N–H and O–H groups in total. The molecule has 1 amide bonds. The lowest BCUT2D eigenvalue weighted by atomic mass is 9.49. The van der Waals surface area contributed by atoms with Crippen molar-refractivity contribution in [1.29, 1.82) is 10.5 Å². The topological polar surface area (TPSA) is 183 Å². The van der Waals surface area contributed by atoms with E-state index in [1.807, 2.05) is 13.0 Å². The first-order chi connectivity index (χ1) is 24.5. The summed E-state index contributed by atoms with van der Waals surface area (Å²) in [5, 5.41) is 44.9. The van der Waals surface area contributed by atoms with Crippen molar-refractivity contribution < 1.29 is 14.7 Å². The number of Topliss-reactive ketones (excluding diaryl/α,β-unsaturated/α-hetero) is 1. The number of aliphatic hydroxyl groups is 1. The van der Waals surface area contributed by atoms with Gasteiger partial charge in [-0.05, 0) is 147 Å². The fraction of sp³-hybridized carbons (Fsp3) is 0.553. The van der Waals surface area contributed by atoms with Gasteiger partial charge in [-0.25, -0.2) is 4.79 Å². The Morgan fingerprint density at radius 1 is 0.882 bits per heavy atom. The number of carbonyl (C=O) groups excluding carboxylic acids is 2. The van der Waals surface area contributed by atoms with Crippen LogP contribution in [0, 0.1) is 63.6 Å². The highest BCUT2D eigenvalue weighted by molar-refractivity contribution is 5.95. The van der Waals surface area contributed by atoms with Crippen molar-refractivity contribution in [3.05, 3.63) is 70.1 Å². The number of nitrogens with zero attached hydrogens (tertiary/aromatic N) is 9. The minimum atomic E-state index is -0.499. The van der Waals surface area contributed by atoms with Crippen LogP contribution in [0.4, 0.5) is 5.69 Å². The van der Waals surface area contributed by atoms with Gasteiger partial charge in [-0.2, -0.15) is 30.0 Å². The Kier molecular flexibility index (Phi) is 9.19. The van der Waals surface area contributed by atoms with Crippen molar-refractivity contribution in [2.75, 3.05) is 11.6 Å². The molecular formula is C38H43N9O4. The zero-order valence-electron chi connectivity index (χ0n) is 29.1. The third-order valence-electron chi connectivity index (χ3n) is 12.6. The minimum Gasteiger partial charge on any atom is -0.390 e. The highest BCUT2D eigenvalue weighted by Gasteiger charge is 2.58. The number of anilines is 1. The molecule has 4 saturated carbocycles. The number of hydrogen-bond acceptors (Lipinski definition) is 10. The predicted molar refractivity (Wildman–Crippen MR) is 185 cm³/mol. The average Bonchev–Trinajstić information content (AvgIpc) is 3.83. The Balaban J connectivity index is 0.000000243. The van der Waals surface area contributed by atoms with Crippen LogP contribution < -0.4 is 10.7 Å². The zero-order valence-corrected chi connectivity index (χ0v) is 29.1. The second-order valence-electron chi connectivity index (χ2n) is 15.6. The summed E-state index contributed by atoms with van der Waals surface area (Å²) in [7, 11) is 0. The summed E-state index contributed by atoms with van der Waals surface area (Å²) in [5.41, 5.74) is 0.995. The van der Waals surface area contributed by atoms with Crippen molar-refractivity contribution in [2.24, 2.45) is 51.3 Å². The number of nitriles is 2. The van der Waals surface area contributed by atoms with E-state index in [9.17, 15) is 19.5 Å². The smallest absolute Gasteiger partial charge is 0.368 e. The molecule has 2 aromatic carbocycles. The SMILES string of the molecule is C[C@@]1(O)CC[C@H]2[C@H](CC[C@@H]3[C@@H]2CC[C@]2(C)[C@@H](C(=O)Cn4nnn(-c5cccc(C#N)c5)c4=O)CC[C@@H]32)C1.N#Cc1cccc(N2N=NCC2=O)c1. The van der Waals surface area contributed by atoms with E-state index in [-0.39, 0.29) is 36.1 Å². The molecule has 8 atom stereocenters. The monoisotopic (exact) mass is 689 g/mol. The van der Waals surface area contributed by atoms with Crippen LogP contribution in [-0.4, -0.2) is 48.7 Å². The van der Waals surface area contributed by atoms with Crippen molar-refractivity contribution in [3.63, 3.8) is 0 Å². The molecule has 2 heterocycles. The Morgan fingerprint density at radius 3 is 2.29 bits per heavy atom. The van der Waals surface area contributed by atoms with E-state index in [4.69, 9.17) is 10.5 Å². The molecule has 13 heteroatoms. The number of ketones is 1. The van der Waals surface area contributed by atoms with E-state index in [0.29, 0.717) is 40.3 Å². The van der Waals surface area contributed by atoms with Gasteiger partial charge in [0.25, 0.3) is 5.91 Å². The van der Waals surface area contributed by atoms with Gasteiger partial charge in [-0.1, -0.05) is 24.3 Å². The normalized spacial score (nSPS) is 32.1. The molecule has 0 bridgehead atoms. The maximum Gasteiger partial charge on any atom is 0.368 e. The number of amides is 1. The first kappa shape index (κ1) is 34.4. The van der Waals surface area contributed by atoms with Crippen LogP contribution in [0.1, 0.15) is 82.8 Å². The molecule has 264 valence electrons. The van der Waals surface area contributed by atoms with Gasteiger partial charge in [0.15, 0.2) is 5.78 Å². The first-order valence-electron chi connectivity index (χ1n) is 18.0. The Hall–Kier alpha value is -5.01. The van der Waals surface area contributed by atoms with Gasteiger partial charge in [0.1, 0.15) is 13.1 Å². The maximum atomic E-state index is 13.6. The first-order valence-corrected chi connectivity index (χ1v) is 18.0. The highest BCUT2D eigenvalue weighted by atomic mass is 16.3. The van der Waals surface area contributed by atoms with Gasteiger partial charge in [0.2, 0.25) is 0 Å². The highest BCUT2D eigenvalue weighted by Crippen LogP contribution is 2.64. The Bertz CT molecular complexity index is 2000. The molecule has 4 aliphatic carbocycles. The van der Waals surface area contributed by atoms with Crippen LogP contribution >= 0.6 is 0 Å². The molecule has 5 aliphatic rings. The van der Waals surface area contributed by atoms with Crippen LogP contribution in [0.2, 0.25) is 0 Å². The lowest BCUT2D eigenvalue weighted by Gasteiger charge is -2.56. The van der Waals surface area contributed by atoms with Crippen LogP contribution in [0.5, 0.6) is 0 Å². The number of carbonyl (C=O) groups is 2. The lowest BCUT2D eigenvalue weighted by molar-refractivity contribution is -0.133. The van der Waals surface area contributed by atoms with Crippen molar-refractivity contribution in [1.82, 2.24) is 19.8 Å². The standard InChI is InChI=1S/C29H37N5O3.C9H6N4O/c1-28(37)12-10-21-19(15-28)6-7-23-22(21)11-13-29(2)24(23)8-9-25(29)26(35)17-33-27(36)34(32-31-33)20-5-3-4-18(14-20)16-30;10-5-7-2-1-3-8(4-7)13-9(14)6-11-12-13/h3-5,14,19,21-25,37H,6-13,15,17H2,1-2H3;1-4H,6H2/t19-,21+,22-,23-,24+,25-,28-,29+;/m1./s1. The van der Waals surface area contributed by atoms with Crippen LogP contribution in [-0.2, 0) is 16.1 Å². The molecule has 0 radical (unpaired) electrons.